The van der Waals surface area contributed by atoms with Crippen LogP contribution in [-0.2, 0) is 9.63 Å². The standard InChI is InChI=1S/C14H16N2O5/c1-15(19-2)13(17)10-6-16(7-10)14(18)9-3-4-11-12(5-9)21-8-20-11/h3-5,10H,6-8H2,1-2H3. The minimum absolute atomic E-state index is 0.114. The summed E-state index contributed by atoms with van der Waals surface area (Å²) in [6, 6.07) is 5.09. The van der Waals surface area contributed by atoms with Crippen molar-refractivity contribution in [3.63, 3.8) is 0 Å². The van der Waals surface area contributed by atoms with Gasteiger partial charge in [-0.05, 0) is 18.2 Å². The number of hydrogen-bond donors (Lipinski definition) is 0. The number of benzene rings is 1. The largest absolute Gasteiger partial charge is 0.454 e. The van der Waals surface area contributed by atoms with Crippen LogP contribution in [0.1, 0.15) is 10.4 Å². The highest BCUT2D eigenvalue weighted by Gasteiger charge is 2.38. The van der Waals surface area contributed by atoms with E-state index in [0.29, 0.717) is 30.2 Å². The molecule has 0 saturated carbocycles. The number of hydrogen-bond acceptors (Lipinski definition) is 5. The number of ether oxygens (including phenoxy) is 2. The first kappa shape index (κ1) is 13.7. The number of hydroxylamine groups is 2. The molecule has 0 N–H and O–H groups in total. The molecular weight excluding hydrogens is 276 g/mol. The van der Waals surface area contributed by atoms with Crippen molar-refractivity contribution in [3.8, 4) is 11.5 Å². The Labute approximate surface area is 121 Å². The van der Waals surface area contributed by atoms with Crippen LogP contribution in [0.3, 0.4) is 0 Å². The maximum Gasteiger partial charge on any atom is 0.254 e. The molecule has 2 aliphatic rings. The molecule has 0 spiro atoms. The van der Waals surface area contributed by atoms with Crippen LogP contribution in [0.5, 0.6) is 11.5 Å². The molecule has 1 aromatic carbocycles. The number of amides is 2. The van der Waals surface area contributed by atoms with Crippen molar-refractivity contribution >= 4 is 11.8 Å². The van der Waals surface area contributed by atoms with Gasteiger partial charge in [0.15, 0.2) is 11.5 Å². The molecule has 0 aromatic heterocycles. The molecule has 1 saturated heterocycles. The molecule has 2 amide bonds. The van der Waals surface area contributed by atoms with Crippen molar-refractivity contribution in [2.24, 2.45) is 5.92 Å². The third-order valence-corrected chi connectivity index (χ3v) is 3.72. The molecule has 2 heterocycles. The third-order valence-electron chi connectivity index (χ3n) is 3.72. The molecule has 0 radical (unpaired) electrons. The van der Waals surface area contributed by atoms with Gasteiger partial charge in [0, 0.05) is 25.7 Å². The van der Waals surface area contributed by atoms with Gasteiger partial charge in [0.05, 0.1) is 13.0 Å². The molecule has 7 nitrogen and oxygen atoms in total. The zero-order valence-electron chi connectivity index (χ0n) is 11.9. The van der Waals surface area contributed by atoms with Gasteiger partial charge in [-0.25, -0.2) is 5.06 Å². The fourth-order valence-corrected chi connectivity index (χ4v) is 2.36. The van der Waals surface area contributed by atoms with Crippen LogP contribution in [0.4, 0.5) is 0 Å². The molecule has 0 atom stereocenters. The van der Waals surface area contributed by atoms with Crippen LogP contribution in [0.2, 0.25) is 0 Å². The van der Waals surface area contributed by atoms with E-state index in [2.05, 4.69) is 0 Å². The van der Waals surface area contributed by atoms with Gasteiger partial charge in [0.25, 0.3) is 11.8 Å². The third kappa shape index (κ3) is 2.40. The maximum atomic E-state index is 12.3. The van der Waals surface area contributed by atoms with E-state index in [0.717, 1.165) is 0 Å². The highest BCUT2D eigenvalue weighted by molar-refractivity contribution is 5.96. The summed E-state index contributed by atoms with van der Waals surface area (Å²) in [5, 5.41) is 1.19. The molecule has 7 heteroatoms. The van der Waals surface area contributed by atoms with Crippen LogP contribution < -0.4 is 9.47 Å². The van der Waals surface area contributed by atoms with Crippen LogP contribution >= 0.6 is 0 Å². The second-order valence-corrected chi connectivity index (χ2v) is 4.99. The van der Waals surface area contributed by atoms with E-state index >= 15 is 0 Å². The fraction of sp³-hybridized carbons (Fsp3) is 0.429. The van der Waals surface area contributed by atoms with Gasteiger partial charge in [-0.15, -0.1) is 0 Å². The molecule has 3 rings (SSSR count). The Morgan fingerprint density at radius 1 is 1.29 bits per heavy atom. The van der Waals surface area contributed by atoms with Gasteiger partial charge in [-0.3, -0.25) is 14.4 Å². The lowest BCUT2D eigenvalue weighted by Gasteiger charge is -2.39. The predicted molar refractivity (Wildman–Crippen MR) is 71.7 cm³/mol. The molecule has 2 aliphatic heterocycles. The summed E-state index contributed by atoms with van der Waals surface area (Å²) in [5.74, 6) is 0.788. The normalized spacial score (nSPS) is 16.6. The molecular formula is C14H16N2O5. The Morgan fingerprint density at radius 2 is 2.00 bits per heavy atom. The Bertz CT molecular complexity index is 583. The summed E-state index contributed by atoms with van der Waals surface area (Å²) in [4.78, 5) is 30.6. The molecule has 1 fully saturated rings. The van der Waals surface area contributed by atoms with Gasteiger partial charge in [-0.2, -0.15) is 0 Å². The van der Waals surface area contributed by atoms with Crippen LogP contribution in [0, 0.1) is 5.92 Å². The van der Waals surface area contributed by atoms with Crippen molar-refractivity contribution < 1.29 is 23.9 Å². The summed E-state index contributed by atoms with van der Waals surface area (Å²) in [5.41, 5.74) is 0.533. The Hall–Kier alpha value is -2.28. The number of carbonyl (C=O) groups is 2. The first-order valence-electron chi connectivity index (χ1n) is 6.60. The van der Waals surface area contributed by atoms with Crippen LogP contribution in [-0.4, -0.2) is 55.8 Å². The van der Waals surface area contributed by atoms with Gasteiger partial charge in [0.2, 0.25) is 6.79 Å². The van der Waals surface area contributed by atoms with Crippen molar-refractivity contribution in [1.29, 1.82) is 0 Å². The number of rotatable bonds is 3. The van der Waals surface area contributed by atoms with E-state index in [9.17, 15) is 9.59 Å². The number of fused-ring (bicyclic) bond motifs is 1. The Balaban J connectivity index is 1.62. The summed E-state index contributed by atoms with van der Waals surface area (Å²) in [6.45, 7) is 0.982. The quantitative estimate of drug-likeness (QED) is 0.759. The zero-order chi connectivity index (χ0) is 15.0. The molecule has 21 heavy (non-hydrogen) atoms. The predicted octanol–water partition coefficient (Wildman–Crippen LogP) is 0.507. The van der Waals surface area contributed by atoms with Crippen molar-refractivity contribution in [3.05, 3.63) is 23.8 Å². The zero-order valence-corrected chi connectivity index (χ0v) is 11.9. The summed E-state index contributed by atoms with van der Waals surface area (Å²) < 4.78 is 10.5. The van der Waals surface area contributed by atoms with E-state index in [-0.39, 0.29) is 24.5 Å². The van der Waals surface area contributed by atoms with E-state index < -0.39 is 0 Å². The number of likely N-dealkylation sites (tertiary alicyclic amines) is 1. The van der Waals surface area contributed by atoms with Crippen LogP contribution in [0.15, 0.2) is 18.2 Å². The molecule has 112 valence electrons. The van der Waals surface area contributed by atoms with Gasteiger partial charge in [0.1, 0.15) is 0 Å². The maximum absolute atomic E-state index is 12.3. The van der Waals surface area contributed by atoms with E-state index in [4.69, 9.17) is 14.3 Å². The molecule has 0 unspecified atom stereocenters. The highest BCUT2D eigenvalue weighted by atomic mass is 16.7. The lowest BCUT2D eigenvalue weighted by atomic mass is 9.97. The van der Waals surface area contributed by atoms with Crippen molar-refractivity contribution in [1.82, 2.24) is 9.96 Å². The first-order valence-corrected chi connectivity index (χ1v) is 6.60. The van der Waals surface area contributed by atoms with Gasteiger partial charge < -0.3 is 14.4 Å². The highest BCUT2D eigenvalue weighted by Crippen LogP contribution is 2.33. The minimum atomic E-state index is -0.201. The average molecular weight is 292 g/mol. The first-order chi connectivity index (χ1) is 10.1. The molecule has 0 bridgehead atoms. The lowest BCUT2D eigenvalue weighted by molar-refractivity contribution is -0.177. The number of carbonyl (C=O) groups excluding carboxylic acids is 2. The van der Waals surface area contributed by atoms with E-state index in [1.165, 1.54) is 12.2 Å². The molecule has 1 aromatic rings. The summed E-state index contributed by atoms with van der Waals surface area (Å²) >= 11 is 0. The van der Waals surface area contributed by atoms with E-state index in [1.54, 1.807) is 30.1 Å². The Morgan fingerprint density at radius 3 is 2.71 bits per heavy atom. The fourth-order valence-electron chi connectivity index (χ4n) is 2.36. The monoisotopic (exact) mass is 292 g/mol. The number of nitrogens with zero attached hydrogens (tertiary/aromatic N) is 2. The topological polar surface area (TPSA) is 68.3 Å². The second kappa shape index (κ2) is 5.25. The lowest BCUT2D eigenvalue weighted by Crippen LogP contribution is -2.55. The smallest absolute Gasteiger partial charge is 0.254 e. The van der Waals surface area contributed by atoms with E-state index in [1.807, 2.05) is 0 Å². The SMILES string of the molecule is CON(C)C(=O)C1CN(C(=O)c2ccc3c(c2)OCO3)C1. The minimum Gasteiger partial charge on any atom is -0.454 e. The second-order valence-electron chi connectivity index (χ2n) is 4.99. The van der Waals surface area contributed by atoms with Crippen molar-refractivity contribution in [2.45, 2.75) is 0 Å². The summed E-state index contributed by atoms with van der Waals surface area (Å²) in [7, 11) is 3.00. The van der Waals surface area contributed by atoms with Gasteiger partial charge >= 0.3 is 0 Å². The Kier molecular flexibility index (Phi) is 3.42. The molecule has 0 aliphatic carbocycles. The van der Waals surface area contributed by atoms with Crippen molar-refractivity contribution in [2.75, 3.05) is 34.0 Å². The van der Waals surface area contributed by atoms with Crippen LogP contribution in [0.25, 0.3) is 0 Å². The van der Waals surface area contributed by atoms with Gasteiger partial charge in [-0.1, -0.05) is 0 Å². The average Bonchev–Trinajstić information content (AvgIpc) is 2.91. The summed E-state index contributed by atoms with van der Waals surface area (Å²) in [6.07, 6.45) is 0.